The molecule has 1 saturated carbocycles. The van der Waals surface area contributed by atoms with Crippen molar-refractivity contribution < 1.29 is 4.74 Å². The molecule has 29 heavy (non-hydrogen) atoms. The van der Waals surface area contributed by atoms with E-state index in [0.717, 1.165) is 41.7 Å². The Hall–Kier alpha value is -2.27. The van der Waals surface area contributed by atoms with Crippen molar-refractivity contribution in [2.75, 3.05) is 6.61 Å². The first-order valence-electron chi connectivity index (χ1n) is 11.5. The molecule has 0 N–H and O–H groups in total. The Morgan fingerprint density at radius 1 is 0.828 bits per heavy atom. The third-order valence-corrected chi connectivity index (χ3v) is 6.43. The summed E-state index contributed by atoms with van der Waals surface area (Å²) in [5.74, 6) is 2.83. The molecular formula is C27H35NO. The van der Waals surface area contributed by atoms with Crippen LogP contribution in [0.2, 0.25) is 0 Å². The molecule has 1 fully saturated rings. The third kappa shape index (κ3) is 6.64. The van der Waals surface area contributed by atoms with Crippen LogP contribution in [0.1, 0.15) is 76.7 Å². The van der Waals surface area contributed by atoms with Crippen molar-refractivity contribution in [1.29, 1.82) is 5.26 Å². The fourth-order valence-corrected chi connectivity index (χ4v) is 4.72. The van der Waals surface area contributed by atoms with Gasteiger partial charge in [0.1, 0.15) is 5.75 Å². The standard InChI is InChI=1S/C27H35NO/c1-2-3-4-8-23-9-5-6-10-24(23)11-7-20-29-27-18-16-26(17-19-27)25-14-12-22(21-28)13-15-25/h12-19,23-24H,2-11,20H2,1H3. The van der Waals surface area contributed by atoms with Crippen LogP contribution in [0.25, 0.3) is 11.1 Å². The summed E-state index contributed by atoms with van der Waals surface area (Å²) < 4.78 is 6.02. The zero-order valence-electron chi connectivity index (χ0n) is 17.9. The first-order valence-corrected chi connectivity index (χ1v) is 11.5. The van der Waals surface area contributed by atoms with Gasteiger partial charge in [-0.3, -0.25) is 0 Å². The number of hydrogen-bond donors (Lipinski definition) is 0. The number of benzene rings is 2. The van der Waals surface area contributed by atoms with E-state index in [1.54, 1.807) is 0 Å². The minimum atomic E-state index is 0.694. The minimum absolute atomic E-state index is 0.694. The van der Waals surface area contributed by atoms with Crippen LogP contribution in [-0.4, -0.2) is 6.61 Å². The fraction of sp³-hybridized carbons (Fsp3) is 0.519. The van der Waals surface area contributed by atoms with Crippen LogP contribution in [-0.2, 0) is 0 Å². The Labute approximate surface area is 176 Å². The predicted octanol–water partition coefficient (Wildman–Crippen LogP) is 7.77. The largest absolute Gasteiger partial charge is 0.494 e. The van der Waals surface area contributed by atoms with Gasteiger partial charge in [0.05, 0.1) is 18.2 Å². The lowest BCUT2D eigenvalue weighted by molar-refractivity contribution is 0.190. The number of nitriles is 1. The van der Waals surface area contributed by atoms with Gasteiger partial charge in [-0.15, -0.1) is 0 Å². The second-order valence-electron chi connectivity index (χ2n) is 8.50. The summed E-state index contributed by atoms with van der Waals surface area (Å²) in [7, 11) is 0. The molecule has 1 aliphatic rings. The zero-order valence-corrected chi connectivity index (χ0v) is 17.9. The smallest absolute Gasteiger partial charge is 0.119 e. The van der Waals surface area contributed by atoms with Crippen LogP contribution >= 0.6 is 0 Å². The third-order valence-electron chi connectivity index (χ3n) is 6.43. The van der Waals surface area contributed by atoms with Gasteiger partial charge < -0.3 is 4.74 Å². The molecule has 0 radical (unpaired) electrons. The highest BCUT2D eigenvalue weighted by atomic mass is 16.5. The lowest BCUT2D eigenvalue weighted by atomic mass is 9.74. The molecule has 2 nitrogen and oxygen atoms in total. The zero-order chi connectivity index (χ0) is 20.3. The first-order chi connectivity index (χ1) is 14.3. The quantitative estimate of drug-likeness (QED) is 0.389. The fourth-order valence-electron chi connectivity index (χ4n) is 4.72. The average Bonchev–Trinajstić information content (AvgIpc) is 2.78. The number of ether oxygens (including phenoxy) is 1. The maximum atomic E-state index is 8.92. The monoisotopic (exact) mass is 389 g/mol. The number of rotatable bonds is 10. The molecule has 0 saturated heterocycles. The Bertz CT molecular complexity index is 757. The van der Waals surface area contributed by atoms with Crippen molar-refractivity contribution in [2.24, 2.45) is 11.8 Å². The van der Waals surface area contributed by atoms with Gasteiger partial charge in [-0.05, 0) is 60.1 Å². The normalized spacial score (nSPS) is 18.9. The predicted molar refractivity (Wildman–Crippen MR) is 121 cm³/mol. The van der Waals surface area contributed by atoms with Crippen LogP contribution in [0.15, 0.2) is 48.5 Å². The van der Waals surface area contributed by atoms with Crippen LogP contribution in [0.3, 0.4) is 0 Å². The Morgan fingerprint density at radius 3 is 2.00 bits per heavy atom. The van der Waals surface area contributed by atoms with Crippen molar-refractivity contribution >= 4 is 0 Å². The molecule has 2 atom stereocenters. The molecule has 0 amide bonds. The molecule has 0 aliphatic heterocycles. The van der Waals surface area contributed by atoms with Crippen molar-refractivity contribution in [1.82, 2.24) is 0 Å². The first kappa shape index (κ1) is 21.4. The van der Waals surface area contributed by atoms with Crippen LogP contribution < -0.4 is 4.74 Å². The van der Waals surface area contributed by atoms with E-state index in [-0.39, 0.29) is 0 Å². The van der Waals surface area contributed by atoms with E-state index in [9.17, 15) is 0 Å². The summed E-state index contributed by atoms with van der Waals surface area (Å²) in [5, 5.41) is 8.92. The summed E-state index contributed by atoms with van der Waals surface area (Å²) in [6, 6.07) is 18.2. The molecule has 2 aromatic carbocycles. The lowest BCUT2D eigenvalue weighted by Gasteiger charge is -2.31. The van der Waals surface area contributed by atoms with Crippen molar-refractivity contribution in [3.05, 3.63) is 54.1 Å². The van der Waals surface area contributed by atoms with E-state index in [2.05, 4.69) is 37.3 Å². The van der Waals surface area contributed by atoms with Crippen molar-refractivity contribution in [3.8, 4) is 22.9 Å². The Kier molecular flexibility index (Phi) is 8.62. The van der Waals surface area contributed by atoms with Gasteiger partial charge in [0.2, 0.25) is 0 Å². The second kappa shape index (κ2) is 11.7. The Balaban J connectivity index is 1.42. The van der Waals surface area contributed by atoms with E-state index >= 15 is 0 Å². The van der Waals surface area contributed by atoms with Crippen LogP contribution in [0.4, 0.5) is 0 Å². The molecule has 0 aromatic heterocycles. The summed E-state index contributed by atoms with van der Waals surface area (Å²) in [6.45, 7) is 3.11. The summed E-state index contributed by atoms with van der Waals surface area (Å²) in [6.07, 6.45) is 13.8. The molecule has 0 bridgehead atoms. The molecule has 0 heterocycles. The van der Waals surface area contributed by atoms with Crippen LogP contribution in [0, 0.1) is 23.2 Å². The SMILES string of the molecule is CCCCCC1CCCCC1CCCOc1ccc(-c2ccc(C#N)cc2)cc1. The summed E-state index contributed by atoms with van der Waals surface area (Å²) in [5.41, 5.74) is 2.97. The van der Waals surface area contributed by atoms with Gasteiger partial charge in [-0.25, -0.2) is 0 Å². The Morgan fingerprint density at radius 2 is 1.41 bits per heavy atom. The van der Waals surface area contributed by atoms with E-state index in [0.29, 0.717) is 5.56 Å². The molecule has 2 unspecified atom stereocenters. The maximum absolute atomic E-state index is 8.92. The highest BCUT2D eigenvalue weighted by Gasteiger charge is 2.24. The van der Waals surface area contributed by atoms with Gasteiger partial charge in [-0.2, -0.15) is 5.26 Å². The van der Waals surface area contributed by atoms with Gasteiger partial charge in [0.15, 0.2) is 0 Å². The average molecular weight is 390 g/mol. The van der Waals surface area contributed by atoms with E-state index < -0.39 is 0 Å². The molecule has 2 aromatic rings. The molecule has 154 valence electrons. The molecule has 1 aliphatic carbocycles. The van der Waals surface area contributed by atoms with E-state index in [1.165, 1.54) is 57.8 Å². The molecular weight excluding hydrogens is 354 g/mol. The lowest BCUT2D eigenvalue weighted by Crippen LogP contribution is -2.20. The number of nitrogens with zero attached hydrogens (tertiary/aromatic N) is 1. The maximum Gasteiger partial charge on any atom is 0.119 e. The molecule has 0 spiro atoms. The van der Waals surface area contributed by atoms with Crippen LogP contribution in [0.5, 0.6) is 5.75 Å². The van der Waals surface area contributed by atoms with Crippen molar-refractivity contribution in [3.63, 3.8) is 0 Å². The van der Waals surface area contributed by atoms with Gasteiger partial charge in [0.25, 0.3) is 0 Å². The van der Waals surface area contributed by atoms with Gasteiger partial charge in [0, 0.05) is 0 Å². The topological polar surface area (TPSA) is 33.0 Å². The van der Waals surface area contributed by atoms with Gasteiger partial charge >= 0.3 is 0 Å². The minimum Gasteiger partial charge on any atom is -0.494 e. The van der Waals surface area contributed by atoms with Gasteiger partial charge in [-0.1, -0.05) is 82.6 Å². The highest BCUT2D eigenvalue weighted by Crippen LogP contribution is 2.36. The van der Waals surface area contributed by atoms with E-state index in [4.69, 9.17) is 10.00 Å². The number of hydrogen-bond acceptors (Lipinski definition) is 2. The highest BCUT2D eigenvalue weighted by molar-refractivity contribution is 5.64. The molecule has 3 rings (SSSR count). The van der Waals surface area contributed by atoms with Crippen molar-refractivity contribution in [2.45, 2.75) is 71.1 Å². The second-order valence-corrected chi connectivity index (χ2v) is 8.50. The molecule has 2 heteroatoms. The summed E-state index contributed by atoms with van der Waals surface area (Å²) >= 11 is 0. The summed E-state index contributed by atoms with van der Waals surface area (Å²) in [4.78, 5) is 0. The number of unbranched alkanes of at least 4 members (excludes halogenated alkanes) is 2. The van der Waals surface area contributed by atoms with E-state index in [1.807, 2.05) is 24.3 Å².